The van der Waals surface area contributed by atoms with Gasteiger partial charge in [-0.2, -0.15) is 0 Å². The minimum atomic E-state index is -1.92. The smallest absolute Gasteiger partial charge is 0.245 e. The quantitative estimate of drug-likeness (QED) is 0.0143. The van der Waals surface area contributed by atoms with Crippen molar-refractivity contribution in [2.24, 2.45) is 52.2 Å². The Hall–Kier alpha value is -12.4. The molecule has 3 aromatic carbocycles. The van der Waals surface area contributed by atoms with Gasteiger partial charge in [0.2, 0.25) is 88.6 Å². The lowest BCUT2D eigenvalue weighted by molar-refractivity contribution is -0.140. The van der Waals surface area contributed by atoms with Crippen LogP contribution in [0.2, 0.25) is 0 Å². The molecule has 0 bridgehead atoms. The van der Waals surface area contributed by atoms with E-state index in [-0.39, 0.29) is 108 Å². The fraction of sp³-hybridized carbons (Fsp3) is 0.551. The van der Waals surface area contributed by atoms with Gasteiger partial charge in [-0.25, -0.2) is 0 Å². The zero-order valence-electron chi connectivity index (χ0n) is 68.3. The number of nitrogens with one attached hydrogen (secondary N) is 15. The van der Waals surface area contributed by atoms with Crippen LogP contribution in [0, 0.1) is 28.6 Å². The zero-order valence-corrected chi connectivity index (χ0v) is 68.3. The molecule has 1 saturated heterocycles. The average Bonchev–Trinajstić information content (AvgIpc) is 1.82. The molecule has 4 rings (SSSR count). The SMILES string of the molecule is CCC(C)[C@H](NC(=O)[C@H](Cc1ccc(O)cc1)NC(=O)[C@@H](C)NC(=O)[C@@H]1CCCN1C(=O)[C@@H](N)Cc1ccc(O)cc1)C(=O)N[C@@H](CC(N)=O)C(=O)N[C@@H](CC(C)C)C(=O)N[C@H](C(=O)N[C@H](C(=O)N[C@@H](CCCNC(=N)N)C(=O)N[C@@H](CCC(N)=O)C(=O)N[C@@H](CCCNC(=N)N)C(=O)N[C@@H](Cc1ccc(O)cc1)C(N)=O)[C@@H](C)O)C(C)CC. The lowest BCUT2D eigenvalue weighted by Gasteiger charge is -2.31. The standard InChI is InChI=1S/C78H120N22O19/c1-9-40(5)61(97-71(114)56(37-46-21-27-49(104)28-22-46)94-65(108)42(7)89-72(115)58-16-13-33-100(58)76(119)50(79)35-44-17-23-47(102)24-18-44)73(116)96-57(38-60(81)106)69(112)95-55(34-39(3)4)70(113)98-62(41(6)10-2)74(117)99-63(43(8)101)75(118)92-52(15-12-32-88-78(85)86)66(109)91-53(29-30-59(80)105)68(111)90-51(14-11-31-87-77(83)84)67(110)93-54(64(82)107)36-45-19-25-48(103)26-20-45/h17-28,39-43,50-58,61-63,101-104H,9-16,29-38,79H2,1-8H3,(H2,80,105)(H2,81,106)(H2,82,107)(H,89,115)(H,90,111)(H,91,109)(H,92,118)(H,93,110)(H,94,108)(H,95,112)(H,96,116)(H,97,114)(H,98,113)(H,99,117)(H4,83,84,87)(H4,85,86,88)/t40?,41?,42-,43-,50+,51+,52+,53+,54+,55+,56+,57+,58+,61+,62+,63+/m1/s1. The molecule has 41 nitrogen and oxygen atoms in total. The zero-order chi connectivity index (χ0) is 89.1. The summed E-state index contributed by atoms with van der Waals surface area (Å²) in [5, 5.41) is 89.1. The summed E-state index contributed by atoms with van der Waals surface area (Å²) in [4.78, 5) is 211. The van der Waals surface area contributed by atoms with Crippen molar-refractivity contribution in [3.05, 3.63) is 89.5 Å². The number of nitrogens with zero attached hydrogens (tertiary/aromatic N) is 1. The van der Waals surface area contributed by atoms with Gasteiger partial charge in [0.15, 0.2) is 11.9 Å². The van der Waals surface area contributed by atoms with Crippen molar-refractivity contribution in [2.75, 3.05) is 19.6 Å². The van der Waals surface area contributed by atoms with Crippen LogP contribution in [0.3, 0.4) is 0 Å². The maximum absolute atomic E-state index is 14.7. The number of phenolic OH excluding ortho intramolecular Hbond substituents is 3. The Morgan fingerprint density at radius 3 is 1.24 bits per heavy atom. The number of carbonyl (C=O) groups excluding carboxylic acids is 15. The van der Waals surface area contributed by atoms with Crippen LogP contribution in [0.4, 0.5) is 0 Å². The van der Waals surface area contributed by atoms with Gasteiger partial charge in [-0.3, -0.25) is 82.7 Å². The van der Waals surface area contributed by atoms with Crippen molar-refractivity contribution in [1.29, 1.82) is 10.8 Å². The minimum Gasteiger partial charge on any atom is -0.508 e. The summed E-state index contributed by atoms with van der Waals surface area (Å²) >= 11 is 0. The van der Waals surface area contributed by atoms with E-state index in [9.17, 15) is 92.3 Å². The molecule has 656 valence electrons. The number of benzene rings is 3. The average molecular weight is 1670 g/mol. The Labute approximate surface area is 689 Å². The Kier molecular flexibility index (Phi) is 40.7. The number of primary amides is 3. The normalized spacial score (nSPS) is 16.2. The Bertz CT molecular complexity index is 4000. The van der Waals surface area contributed by atoms with Crippen molar-refractivity contribution < 1.29 is 92.3 Å². The van der Waals surface area contributed by atoms with E-state index >= 15 is 0 Å². The largest absolute Gasteiger partial charge is 0.508 e. The molecule has 1 heterocycles. The molecule has 119 heavy (non-hydrogen) atoms. The summed E-state index contributed by atoms with van der Waals surface area (Å²) < 4.78 is 0. The number of phenols is 3. The summed E-state index contributed by atoms with van der Waals surface area (Å²) in [6.07, 6.45) is -3.42. The molecule has 0 spiro atoms. The summed E-state index contributed by atoms with van der Waals surface area (Å²) in [7, 11) is 0. The van der Waals surface area contributed by atoms with Crippen molar-refractivity contribution in [2.45, 2.75) is 236 Å². The summed E-state index contributed by atoms with van der Waals surface area (Å²) in [5.74, 6) is -17.4. The number of carbonyl (C=O) groups is 15. The van der Waals surface area contributed by atoms with Gasteiger partial charge in [-0.1, -0.05) is 90.8 Å². The third kappa shape index (κ3) is 34.0. The Morgan fingerprint density at radius 2 is 0.815 bits per heavy atom. The first-order chi connectivity index (χ1) is 56.0. The van der Waals surface area contributed by atoms with Gasteiger partial charge >= 0.3 is 0 Å². The number of guanidine groups is 2. The van der Waals surface area contributed by atoms with Gasteiger partial charge in [0, 0.05) is 38.9 Å². The van der Waals surface area contributed by atoms with Gasteiger partial charge in [-0.05, 0) is 142 Å². The molecule has 0 aliphatic carbocycles. The maximum Gasteiger partial charge on any atom is 0.245 e. The highest BCUT2D eigenvalue weighted by atomic mass is 16.3. The van der Waals surface area contributed by atoms with Crippen LogP contribution in [-0.4, -0.2) is 230 Å². The topological polar surface area (TPSA) is 700 Å². The number of aliphatic hydroxyl groups excluding tert-OH is 1. The van der Waals surface area contributed by atoms with E-state index in [2.05, 4.69) is 69.1 Å². The van der Waals surface area contributed by atoms with Crippen molar-refractivity contribution in [1.82, 2.24) is 74.0 Å². The van der Waals surface area contributed by atoms with Gasteiger partial charge in [0.05, 0.1) is 18.6 Å². The molecule has 41 heteroatoms. The molecule has 2 unspecified atom stereocenters. The highest BCUT2D eigenvalue weighted by molar-refractivity contribution is 6.01. The first-order valence-electron chi connectivity index (χ1n) is 39.5. The second-order valence-electron chi connectivity index (χ2n) is 30.2. The molecule has 0 saturated carbocycles. The van der Waals surface area contributed by atoms with Crippen LogP contribution in [0.25, 0.3) is 0 Å². The van der Waals surface area contributed by atoms with Crippen LogP contribution >= 0.6 is 0 Å². The van der Waals surface area contributed by atoms with E-state index < -0.39 is 222 Å². The summed E-state index contributed by atoms with van der Waals surface area (Å²) in [5.41, 5.74) is 35.7. The second-order valence-corrected chi connectivity index (χ2v) is 30.2. The van der Waals surface area contributed by atoms with E-state index in [1.165, 1.54) is 72.5 Å². The fourth-order valence-electron chi connectivity index (χ4n) is 12.8. The highest BCUT2D eigenvalue weighted by Gasteiger charge is 2.41. The number of aromatic hydroxyl groups is 3. The van der Waals surface area contributed by atoms with E-state index in [1.54, 1.807) is 53.7 Å². The Balaban J connectivity index is 1.57. The van der Waals surface area contributed by atoms with Crippen LogP contribution in [0.5, 0.6) is 17.2 Å². The van der Waals surface area contributed by atoms with Gasteiger partial charge in [0.25, 0.3) is 0 Å². The summed E-state index contributed by atoms with van der Waals surface area (Å²) in [6.45, 7) is 12.5. The fourth-order valence-corrected chi connectivity index (χ4v) is 12.8. The Morgan fingerprint density at radius 1 is 0.445 bits per heavy atom. The predicted octanol–water partition coefficient (Wildman–Crippen LogP) is -4.83. The molecule has 0 aromatic heterocycles. The number of amides is 15. The third-order valence-electron chi connectivity index (χ3n) is 19.9. The lowest BCUT2D eigenvalue weighted by Crippen LogP contribution is -2.63. The van der Waals surface area contributed by atoms with Crippen LogP contribution in [0.1, 0.15) is 149 Å². The number of nitrogens with two attached hydrogens (primary N) is 6. The van der Waals surface area contributed by atoms with Crippen molar-refractivity contribution in [3.63, 3.8) is 0 Å². The first-order valence-corrected chi connectivity index (χ1v) is 39.5. The molecule has 16 atom stereocenters. The number of aliphatic hydroxyl groups is 1. The van der Waals surface area contributed by atoms with Gasteiger partial charge < -0.3 is 129 Å². The molecule has 15 amide bonds. The van der Waals surface area contributed by atoms with Gasteiger partial charge in [-0.15, -0.1) is 0 Å². The molecule has 1 fully saturated rings. The number of rotatable bonds is 50. The van der Waals surface area contributed by atoms with Crippen LogP contribution in [-0.2, 0) is 91.2 Å². The van der Waals surface area contributed by atoms with Crippen molar-refractivity contribution in [3.8, 4) is 17.2 Å². The molecular formula is C78H120N22O19. The van der Waals surface area contributed by atoms with Crippen LogP contribution in [0.15, 0.2) is 72.8 Å². The monoisotopic (exact) mass is 1670 g/mol. The van der Waals surface area contributed by atoms with E-state index in [0.29, 0.717) is 23.1 Å². The molecule has 1 aliphatic heterocycles. The highest BCUT2D eigenvalue weighted by Crippen LogP contribution is 2.22. The number of likely N-dealkylation sites (tertiary alicyclic amines) is 1. The van der Waals surface area contributed by atoms with Gasteiger partial charge in [0.1, 0.15) is 89.8 Å². The van der Waals surface area contributed by atoms with E-state index in [1.807, 2.05) is 0 Å². The third-order valence-corrected chi connectivity index (χ3v) is 19.9. The molecule has 3 aromatic rings. The minimum absolute atomic E-state index is 0.0229. The molecule has 0 radical (unpaired) electrons. The molecule has 31 N–H and O–H groups in total. The molecule has 1 aliphatic rings. The van der Waals surface area contributed by atoms with Crippen LogP contribution < -0.4 is 104 Å². The first kappa shape index (κ1) is 98.9. The second kappa shape index (κ2) is 48.9. The van der Waals surface area contributed by atoms with E-state index in [4.69, 9.17) is 45.2 Å². The lowest BCUT2D eigenvalue weighted by atomic mass is 9.95. The number of hydrogen-bond acceptors (Lipinski definition) is 22. The summed E-state index contributed by atoms with van der Waals surface area (Å²) in [6, 6.07) is -2.06. The maximum atomic E-state index is 14.7. The number of hydrogen-bond donors (Lipinski definition) is 25. The van der Waals surface area contributed by atoms with Crippen molar-refractivity contribution >= 4 is 101 Å². The predicted molar refractivity (Wildman–Crippen MR) is 435 cm³/mol. The van der Waals surface area contributed by atoms with E-state index in [0.717, 1.165) is 6.92 Å². The molecular weight excluding hydrogens is 1550 g/mol.